The van der Waals surface area contributed by atoms with Gasteiger partial charge in [0, 0.05) is 28.8 Å². The second kappa shape index (κ2) is 3.08. The Hall–Kier alpha value is -0.960. The van der Waals surface area contributed by atoms with Crippen molar-refractivity contribution in [3.63, 3.8) is 0 Å². The van der Waals surface area contributed by atoms with Crippen molar-refractivity contribution < 1.29 is 5.11 Å². The fourth-order valence-electron chi connectivity index (χ4n) is 4.46. The second-order valence-corrected chi connectivity index (χ2v) is 6.56. The zero-order valence-electron chi connectivity index (χ0n) is 10.8. The normalized spacial score (nSPS) is 42.9. The molecule has 3 nitrogen and oxygen atoms in total. The van der Waals surface area contributed by atoms with Crippen LogP contribution in [0.4, 0.5) is 0 Å². The van der Waals surface area contributed by atoms with E-state index < -0.39 is 5.60 Å². The third kappa shape index (κ3) is 1.11. The zero-order chi connectivity index (χ0) is 12.3. The number of aliphatic hydroxyl groups is 1. The van der Waals surface area contributed by atoms with E-state index in [2.05, 4.69) is 30.7 Å². The molecule has 0 amide bonds. The molecule has 1 aromatic rings. The molecular formula is C14H20N2O. The summed E-state index contributed by atoms with van der Waals surface area (Å²) in [5.41, 5.74) is -0.0180. The average Bonchev–Trinajstić information content (AvgIpc) is 2.78. The topological polar surface area (TPSA) is 46.0 Å². The minimum absolute atomic E-state index is 0.0219. The molecule has 0 aliphatic heterocycles. The highest BCUT2D eigenvalue weighted by Gasteiger charge is 2.69. The molecule has 3 rings (SSSR count). The van der Waals surface area contributed by atoms with Crippen LogP contribution in [0.1, 0.15) is 45.6 Å². The molecule has 17 heavy (non-hydrogen) atoms. The van der Waals surface area contributed by atoms with E-state index >= 15 is 0 Å². The predicted octanol–water partition coefficient (Wildman–Crippen LogP) is 2.51. The van der Waals surface area contributed by atoms with Crippen LogP contribution in [0, 0.1) is 16.7 Å². The first-order valence-electron chi connectivity index (χ1n) is 6.40. The van der Waals surface area contributed by atoms with Crippen molar-refractivity contribution in [1.29, 1.82) is 0 Å². The maximum absolute atomic E-state index is 11.4. The van der Waals surface area contributed by atoms with E-state index in [-0.39, 0.29) is 10.8 Å². The highest BCUT2D eigenvalue weighted by atomic mass is 16.3. The first-order valence-corrected chi connectivity index (χ1v) is 6.40. The number of nitrogens with zero attached hydrogens (tertiary/aromatic N) is 2. The first-order chi connectivity index (χ1) is 7.92. The van der Waals surface area contributed by atoms with Crippen LogP contribution in [0.25, 0.3) is 0 Å². The highest BCUT2D eigenvalue weighted by molar-refractivity contribution is 5.29. The van der Waals surface area contributed by atoms with E-state index in [1.807, 2.05) is 0 Å². The van der Waals surface area contributed by atoms with Crippen LogP contribution >= 0.6 is 0 Å². The van der Waals surface area contributed by atoms with Gasteiger partial charge in [-0.15, -0.1) is 0 Å². The van der Waals surface area contributed by atoms with Gasteiger partial charge in [0.2, 0.25) is 0 Å². The van der Waals surface area contributed by atoms with Gasteiger partial charge in [0.1, 0.15) is 11.9 Å². The Bertz CT molecular complexity index is 438. The first kappa shape index (κ1) is 11.1. The van der Waals surface area contributed by atoms with Gasteiger partial charge in [-0.2, -0.15) is 0 Å². The molecule has 0 spiro atoms. The van der Waals surface area contributed by atoms with E-state index in [1.165, 1.54) is 12.7 Å². The molecule has 2 bridgehead atoms. The summed E-state index contributed by atoms with van der Waals surface area (Å²) < 4.78 is 0. The van der Waals surface area contributed by atoms with Crippen LogP contribution in [0.3, 0.4) is 0 Å². The monoisotopic (exact) mass is 232 g/mol. The van der Waals surface area contributed by atoms with Crippen LogP contribution < -0.4 is 0 Å². The molecule has 0 aromatic carbocycles. The summed E-state index contributed by atoms with van der Waals surface area (Å²) in [6.07, 6.45) is 8.54. The summed E-state index contributed by atoms with van der Waals surface area (Å²) in [6, 6.07) is 0. The van der Waals surface area contributed by atoms with Crippen molar-refractivity contribution >= 4 is 0 Å². The standard InChI is InChI=1S/C14H20N2O/c1-12(2)10-4-5-13(3,6-10)14(12,17)11-7-15-9-16-8-11/h7-10,17H,4-6H2,1-3H3. The molecule has 2 saturated carbocycles. The minimum atomic E-state index is -0.788. The zero-order valence-corrected chi connectivity index (χ0v) is 10.8. The molecule has 2 aliphatic carbocycles. The highest BCUT2D eigenvalue weighted by Crippen LogP contribution is 2.71. The molecular weight excluding hydrogens is 212 g/mol. The minimum Gasteiger partial charge on any atom is -0.384 e. The van der Waals surface area contributed by atoms with Gasteiger partial charge >= 0.3 is 0 Å². The van der Waals surface area contributed by atoms with Crippen LogP contribution in [-0.2, 0) is 5.60 Å². The quantitative estimate of drug-likeness (QED) is 0.809. The van der Waals surface area contributed by atoms with Gasteiger partial charge in [0.05, 0.1) is 0 Å². The fourth-order valence-corrected chi connectivity index (χ4v) is 4.46. The van der Waals surface area contributed by atoms with Gasteiger partial charge < -0.3 is 5.11 Å². The molecule has 1 N–H and O–H groups in total. The number of fused-ring (bicyclic) bond motifs is 2. The van der Waals surface area contributed by atoms with Crippen LogP contribution in [0.15, 0.2) is 18.7 Å². The molecule has 2 aliphatic rings. The Morgan fingerprint density at radius 3 is 2.41 bits per heavy atom. The molecule has 0 saturated heterocycles. The van der Waals surface area contributed by atoms with E-state index in [9.17, 15) is 5.11 Å². The van der Waals surface area contributed by atoms with Crippen molar-refractivity contribution in [2.75, 3.05) is 0 Å². The third-order valence-electron chi connectivity index (χ3n) is 5.55. The maximum atomic E-state index is 11.4. The lowest BCUT2D eigenvalue weighted by Gasteiger charge is -2.50. The summed E-state index contributed by atoms with van der Waals surface area (Å²) >= 11 is 0. The molecule has 2 fully saturated rings. The van der Waals surface area contributed by atoms with Gasteiger partial charge in [-0.3, -0.25) is 0 Å². The summed E-state index contributed by atoms with van der Waals surface area (Å²) in [7, 11) is 0. The maximum Gasteiger partial charge on any atom is 0.115 e. The van der Waals surface area contributed by atoms with E-state index in [0.717, 1.165) is 18.4 Å². The van der Waals surface area contributed by atoms with Gasteiger partial charge in [0.25, 0.3) is 0 Å². The number of hydrogen-bond donors (Lipinski definition) is 1. The van der Waals surface area contributed by atoms with Gasteiger partial charge in [0.15, 0.2) is 0 Å². The van der Waals surface area contributed by atoms with Crippen molar-refractivity contribution in [3.8, 4) is 0 Å². The lowest BCUT2D eigenvalue weighted by molar-refractivity contribution is -0.151. The second-order valence-electron chi connectivity index (χ2n) is 6.56. The third-order valence-corrected chi connectivity index (χ3v) is 5.55. The lowest BCUT2D eigenvalue weighted by atomic mass is 9.58. The van der Waals surface area contributed by atoms with Crippen molar-refractivity contribution in [3.05, 3.63) is 24.3 Å². The molecule has 3 unspecified atom stereocenters. The molecule has 92 valence electrons. The predicted molar refractivity (Wildman–Crippen MR) is 65.2 cm³/mol. The van der Waals surface area contributed by atoms with Crippen molar-refractivity contribution in [1.82, 2.24) is 9.97 Å². The van der Waals surface area contributed by atoms with Gasteiger partial charge in [-0.05, 0) is 25.2 Å². The molecule has 0 radical (unpaired) electrons. The number of hydrogen-bond acceptors (Lipinski definition) is 3. The largest absolute Gasteiger partial charge is 0.384 e. The van der Waals surface area contributed by atoms with Crippen LogP contribution in [0.5, 0.6) is 0 Å². The van der Waals surface area contributed by atoms with E-state index in [4.69, 9.17) is 0 Å². The summed E-state index contributed by atoms with van der Waals surface area (Å²) in [6.45, 7) is 6.60. The number of rotatable bonds is 1. The van der Waals surface area contributed by atoms with Crippen molar-refractivity contribution in [2.24, 2.45) is 16.7 Å². The average molecular weight is 232 g/mol. The fraction of sp³-hybridized carbons (Fsp3) is 0.714. The Kier molecular flexibility index (Phi) is 2.02. The van der Waals surface area contributed by atoms with E-state index in [0.29, 0.717) is 5.92 Å². The van der Waals surface area contributed by atoms with Crippen LogP contribution in [-0.4, -0.2) is 15.1 Å². The Morgan fingerprint density at radius 2 is 1.88 bits per heavy atom. The molecule has 3 atom stereocenters. The molecule has 1 aromatic heterocycles. The Morgan fingerprint density at radius 1 is 1.24 bits per heavy atom. The Labute approximate surface area is 102 Å². The SMILES string of the molecule is CC12CCC(C1)C(C)(C)C2(O)c1cncnc1. The Balaban J connectivity index is 2.18. The number of aromatic nitrogens is 2. The van der Waals surface area contributed by atoms with Gasteiger partial charge in [-0.25, -0.2) is 9.97 Å². The molecule has 3 heteroatoms. The summed E-state index contributed by atoms with van der Waals surface area (Å²) in [5.74, 6) is 0.609. The summed E-state index contributed by atoms with van der Waals surface area (Å²) in [4.78, 5) is 8.17. The summed E-state index contributed by atoms with van der Waals surface area (Å²) in [5, 5.41) is 11.4. The van der Waals surface area contributed by atoms with Gasteiger partial charge in [-0.1, -0.05) is 20.8 Å². The lowest BCUT2D eigenvalue weighted by Crippen LogP contribution is -2.51. The molecule has 1 heterocycles. The van der Waals surface area contributed by atoms with E-state index in [1.54, 1.807) is 12.4 Å². The van der Waals surface area contributed by atoms with Crippen molar-refractivity contribution in [2.45, 2.75) is 45.6 Å². The smallest absolute Gasteiger partial charge is 0.115 e. The van der Waals surface area contributed by atoms with Crippen LogP contribution in [0.2, 0.25) is 0 Å².